The number of hydrogen-bond donors (Lipinski definition) is 1. The van der Waals surface area contributed by atoms with E-state index in [9.17, 15) is 9.90 Å². The molecule has 0 unspecified atom stereocenters. The molecule has 1 aromatic rings. The Morgan fingerprint density at radius 3 is 2.60 bits per heavy atom. The molecule has 1 N–H and O–H groups in total. The van der Waals surface area contributed by atoms with E-state index in [2.05, 4.69) is 18.4 Å². The van der Waals surface area contributed by atoms with Gasteiger partial charge in [0.25, 0.3) is 0 Å². The second-order valence-corrected chi connectivity index (χ2v) is 4.51. The van der Waals surface area contributed by atoms with Crippen molar-refractivity contribution in [1.82, 2.24) is 4.57 Å². The van der Waals surface area contributed by atoms with Crippen molar-refractivity contribution in [1.29, 1.82) is 0 Å². The Morgan fingerprint density at radius 1 is 1.40 bits per heavy atom. The van der Waals surface area contributed by atoms with Gasteiger partial charge in [0.2, 0.25) is 0 Å². The van der Waals surface area contributed by atoms with Crippen molar-refractivity contribution in [3.63, 3.8) is 0 Å². The van der Waals surface area contributed by atoms with Crippen molar-refractivity contribution in [3.05, 3.63) is 22.5 Å². The number of carboxylic acid groups (broad SMARTS) is 1. The summed E-state index contributed by atoms with van der Waals surface area (Å²) in [6, 6.07) is 0.352. The van der Waals surface area contributed by atoms with E-state index < -0.39 is 5.97 Å². The lowest BCUT2D eigenvalue weighted by Gasteiger charge is -2.14. The molecule has 0 atom stereocenters. The molecular formula is C12H17NO2. The fraction of sp³-hybridized carbons (Fsp3) is 0.583. The fourth-order valence-corrected chi connectivity index (χ4v) is 2.79. The van der Waals surface area contributed by atoms with Crippen molar-refractivity contribution in [2.24, 2.45) is 0 Å². The van der Waals surface area contributed by atoms with Crippen molar-refractivity contribution < 1.29 is 9.90 Å². The molecule has 0 radical (unpaired) electrons. The third-order valence-corrected chi connectivity index (χ3v) is 3.23. The SMILES string of the molecule is Cc1c(C(=O)O)c2c(n1C(C)C)CCC2. The van der Waals surface area contributed by atoms with Gasteiger partial charge in [-0.25, -0.2) is 4.79 Å². The van der Waals surface area contributed by atoms with Gasteiger partial charge >= 0.3 is 5.97 Å². The topological polar surface area (TPSA) is 42.2 Å². The van der Waals surface area contributed by atoms with Gasteiger partial charge in [0.15, 0.2) is 0 Å². The zero-order valence-corrected chi connectivity index (χ0v) is 9.50. The lowest BCUT2D eigenvalue weighted by atomic mass is 10.1. The monoisotopic (exact) mass is 207 g/mol. The Kier molecular flexibility index (Phi) is 2.33. The minimum atomic E-state index is -0.773. The van der Waals surface area contributed by atoms with E-state index in [-0.39, 0.29) is 0 Å². The third-order valence-electron chi connectivity index (χ3n) is 3.23. The van der Waals surface area contributed by atoms with Crippen LogP contribution in [0.4, 0.5) is 0 Å². The van der Waals surface area contributed by atoms with Crippen LogP contribution in [0, 0.1) is 6.92 Å². The number of aromatic carboxylic acids is 1. The first-order chi connectivity index (χ1) is 7.04. The third kappa shape index (κ3) is 1.37. The maximum atomic E-state index is 11.2. The smallest absolute Gasteiger partial charge is 0.337 e. The maximum absolute atomic E-state index is 11.2. The summed E-state index contributed by atoms with van der Waals surface area (Å²) in [4.78, 5) is 11.2. The highest BCUT2D eigenvalue weighted by Crippen LogP contribution is 2.32. The van der Waals surface area contributed by atoms with Crippen LogP contribution < -0.4 is 0 Å². The predicted octanol–water partition coefficient (Wildman–Crippen LogP) is 2.56. The van der Waals surface area contributed by atoms with E-state index >= 15 is 0 Å². The Balaban J connectivity index is 2.67. The summed E-state index contributed by atoms with van der Waals surface area (Å²) in [6.07, 6.45) is 3.05. The molecule has 3 nitrogen and oxygen atoms in total. The van der Waals surface area contributed by atoms with Crippen LogP contribution in [-0.2, 0) is 12.8 Å². The minimum Gasteiger partial charge on any atom is -0.478 e. The number of carbonyl (C=O) groups is 1. The lowest BCUT2D eigenvalue weighted by molar-refractivity contribution is 0.0695. The molecule has 1 aliphatic rings. The maximum Gasteiger partial charge on any atom is 0.337 e. The zero-order valence-electron chi connectivity index (χ0n) is 9.50. The van der Waals surface area contributed by atoms with E-state index in [0.717, 1.165) is 30.5 Å². The molecule has 0 amide bonds. The second kappa shape index (κ2) is 3.40. The van der Waals surface area contributed by atoms with Crippen LogP contribution >= 0.6 is 0 Å². The van der Waals surface area contributed by atoms with Crippen LogP contribution in [0.25, 0.3) is 0 Å². The van der Waals surface area contributed by atoms with E-state index in [4.69, 9.17) is 0 Å². The van der Waals surface area contributed by atoms with Crippen LogP contribution in [0.1, 0.15) is 53.6 Å². The first-order valence-corrected chi connectivity index (χ1v) is 5.49. The van der Waals surface area contributed by atoms with E-state index in [1.807, 2.05) is 6.92 Å². The highest BCUT2D eigenvalue weighted by Gasteiger charge is 2.28. The molecule has 1 heterocycles. The summed E-state index contributed by atoms with van der Waals surface area (Å²) in [5.74, 6) is -0.773. The molecule has 0 saturated heterocycles. The Morgan fingerprint density at radius 2 is 2.07 bits per heavy atom. The number of carboxylic acids is 1. The molecule has 82 valence electrons. The van der Waals surface area contributed by atoms with Gasteiger partial charge < -0.3 is 9.67 Å². The van der Waals surface area contributed by atoms with Gasteiger partial charge in [-0.3, -0.25) is 0 Å². The molecule has 0 spiro atoms. The molecule has 3 heteroatoms. The molecule has 0 bridgehead atoms. The Hall–Kier alpha value is -1.25. The standard InChI is InChI=1S/C12H17NO2/c1-7(2)13-8(3)11(12(14)15)9-5-4-6-10(9)13/h7H,4-6H2,1-3H3,(H,14,15). The molecule has 0 aliphatic heterocycles. The summed E-state index contributed by atoms with van der Waals surface area (Å²) < 4.78 is 2.19. The number of aromatic nitrogens is 1. The summed E-state index contributed by atoms with van der Waals surface area (Å²) in [7, 11) is 0. The molecule has 15 heavy (non-hydrogen) atoms. The van der Waals surface area contributed by atoms with Crippen LogP contribution in [0.15, 0.2) is 0 Å². The van der Waals surface area contributed by atoms with Crippen LogP contribution in [0.2, 0.25) is 0 Å². The average Bonchev–Trinajstić information content (AvgIpc) is 2.60. The highest BCUT2D eigenvalue weighted by molar-refractivity contribution is 5.91. The predicted molar refractivity (Wildman–Crippen MR) is 58.5 cm³/mol. The summed E-state index contributed by atoms with van der Waals surface area (Å²) in [5, 5.41) is 9.21. The largest absolute Gasteiger partial charge is 0.478 e. The van der Waals surface area contributed by atoms with Gasteiger partial charge in [0.05, 0.1) is 5.56 Å². The van der Waals surface area contributed by atoms with Crippen LogP contribution in [0.3, 0.4) is 0 Å². The van der Waals surface area contributed by atoms with Gasteiger partial charge in [0.1, 0.15) is 0 Å². The number of hydrogen-bond acceptors (Lipinski definition) is 1. The van der Waals surface area contributed by atoms with Crippen molar-refractivity contribution in [3.8, 4) is 0 Å². The number of nitrogens with zero attached hydrogens (tertiary/aromatic N) is 1. The Bertz CT molecular complexity index is 416. The van der Waals surface area contributed by atoms with Crippen molar-refractivity contribution >= 4 is 5.97 Å². The highest BCUT2D eigenvalue weighted by atomic mass is 16.4. The lowest BCUT2D eigenvalue weighted by Crippen LogP contribution is -2.08. The van der Waals surface area contributed by atoms with Gasteiger partial charge in [-0.15, -0.1) is 0 Å². The molecule has 0 saturated carbocycles. The van der Waals surface area contributed by atoms with Gasteiger partial charge in [0, 0.05) is 17.4 Å². The second-order valence-electron chi connectivity index (χ2n) is 4.51. The normalized spacial score (nSPS) is 14.7. The number of rotatable bonds is 2. The minimum absolute atomic E-state index is 0.352. The summed E-state index contributed by atoms with van der Waals surface area (Å²) >= 11 is 0. The van der Waals surface area contributed by atoms with Crippen molar-refractivity contribution in [2.75, 3.05) is 0 Å². The number of fused-ring (bicyclic) bond motifs is 1. The molecule has 1 aromatic heterocycles. The Labute approximate surface area is 89.7 Å². The van der Waals surface area contributed by atoms with E-state index in [0.29, 0.717) is 11.6 Å². The van der Waals surface area contributed by atoms with E-state index in [1.165, 1.54) is 5.69 Å². The zero-order chi connectivity index (χ0) is 11.2. The van der Waals surface area contributed by atoms with Crippen molar-refractivity contribution in [2.45, 2.75) is 46.1 Å². The van der Waals surface area contributed by atoms with Gasteiger partial charge in [-0.1, -0.05) is 0 Å². The quantitative estimate of drug-likeness (QED) is 0.809. The first-order valence-electron chi connectivity index (χ1n) is 5.49. The average molecular weight is 207 g/mol. The molecular weight excluding hydrogens is 190 g/mol. The van der Waals surface area contributed by atoms with Gasteiger partial charge in [-0.05, 0) is 45.6 Å². The fourth-order valence-electron chi connectivity index (χ4n) is 2.79. The van der Waals surface area contributed by atoms with Gasteiger partial charge in [-0.2, -0.15) is 0 Å². The summed E-state index contributed by atoms with van der Waals surface area (Å²) in [6.45, 7) is 6.14. The van der Waals surface area contributed by atoms with Crippen LogP contribution in [0.5, 0.6) is 0 Å². The molecule has 0 fully saturated rings. The molecule has 1 aliphatic carbocycles. The summed E-state index contributed by atoms with van der Waals surface area (Å²) in [5.41, 5.74) is 3.80. The molecule has 2 rings (SSSR count). The van der Waals surface area contributed by atoms with Crippen LogP contribution in [-0.4, -0.2) is 15.6 Å². The first kappa shape index (κ1) is 10.3. The molecule has 0 aromatic carbocycles. The van der Waals surface area contributed by atoms with E-state index in [1.54, 1.807) is 0 Å².